The summed E-state index contributed by atoms with van der Waals surface area (Å²) >= 11 is 0. The fourth-order valence-electron chi connectivity index (χ4n) is 3.88. The van der Waals surface area contributed by atoms with Crippen LogP contribution in [-0.4, -0.2) is 56.7 Å². The molecule has 1 aliphatic heterocycles. The molecular weight excluding hydrogens is 404 g/mol. The predicted octanol–water partition coefficient (Wildman–Crippen LogP) is 2.67. The Morgan fingerprint density at radius 3 is 2.84 bits per heavy atom. The smallest absolute Gasteiger partial charge is 0.259 e. The van der Waals surface area contributed by atoms with Gasteiger partial charge in [-0.3, -0.25) is 14.4 Å². The second-order valence-corrected chi connectivity index (χ2v) is 7.89. The zero-order valence-corrected chi connectivity index (χ0v) is 18.2. The molecule has 1 aromatic carbocycles. The Morgan fingerprint density at radius 1 is 1.31 bits per heavy atom. The van der Waals surface area contributed by atoms with E-state index in [9.17, 15) is 4.79 Å². The Bertz CT molecular complexity index is 1070. The van der Waals surface area contributed by atoms with E-state index in [0.29, 0.717) is 17.8 Å². The number of piperidine rings is 1. The van der Waals surface area contributed by atoms with Crippen LogP contribution in [0.5, 0.6) is 0 Å². The van der Waals surface area contributed by atoms with Crippen LogP contribution in [0.1, 0.15) is 35.2 Å². The SMILES string of the molecule is Cn1cc(-c2ccc(C(=O)N(c3cc(/C=C\CCO)ccn3)[C@@H]3CCCNC3)cc2)nn1. The third-order valence-electron chi connectivity index (χ3n) is 5.51. The number of rotatable bonds is 7. The maximum Gasteiger partial charge on any atom is 0.259 e. The van der Waals surface area contributed by atoms with Crippen molar-refractivity contribution in [2.75, 3.05) is 24.6 Å². The molecule has 8 heteroatoms. The van der Waals surface area contributed by atoms with Gasteiger partial charge in [0.25, 0.3) is 5.91 Å². The summed E-state index contributed by atoms with van der Waals surface area (Å²) in [5.41, 5.74) is 3.23. The van der Waals surface area contributed by atoms with Crippen molar-refractivity contribution >= 4 is 17.8 Å². The molecule has 0 bridgehead atoms. The quantitative estimate of drug-likeness (QED) is 0.596. The first-order valence-corrected chi connectivity index (χ1v) is 10.9. The highest BCUT2D eigenvalue weighted by atomic mass is 16.2. The number of aliphatic hydroxyl groups is 1. The molecule has 1 amide bonds. The van der Waals surface area contributed by atoms with Gasteiger partial charge in [-0.25, -0.2) is 4.98 Å². The van der Waals surface area contributed by atoms with Crippen LogP contribution in [0.3, 0.4) is 0 Å². The molecule has 1 saturated heterocycles. The first kappa shape index (κ1) is 21.9. The number of hydrogen-bond acceptors (Lipinski definition) is 6. The van der Waals surface area contributed by atoms with E-state index in [4.69, 9.17) is 5.11 Å². The number of carbonyl (C=O) groups excluding carboxylic acids is 1. The average Bonchev–Trinajstić information content (AvgIpc) is 3.27. The number of carbonyl (C=O) groups is 1. The van der Waals surface area contributed by atoms with Gasteiger partial charge >= 0.3 is 0 Å². The third-order valence-corrected chi connectivity index (χ3v) is 5.51. The van der Waals surface area contributed by atoms with Crippen molar-refractivity contribution in [3.63, 3.8) is 0 Å². The van der Waals surface area contributed by atoms with Crippen LogP contribution >= 0.6 is 0 Å². The molecule has 166 valence electrons. The topological polar surface area (TPSA) is 96.2 Å². The molecular formula is C24H28N6O2. The first-order valence-electron chi connectivity index (χ1n) is 10.9. The summed E-state index contributed by atoms with van der Waals surface area (Å²) in [4.78, 5) is 20.0. The van der Waals surface area contributed by atoms with Crippen LogP contribution < -0.4 is 10.2 Å². The Kier molecular flexibility index (Phi) is 7.03. The summed E-state index contributed by atoms with van der Waals surface area (Å²) in [5.74, 6) is 0.557. The third kappa shape index (κ3) is 5.09. The van der Waals surface area contributed by atoms with Gasteiger partial charge in [-0.05, 0) is 55.6 Å². The van der Waals surface area contributed by atoms with Crippen LogP contribution in [0.2, 0.25) is 0 Å². The van der Waals surface area contributed by atoms with Gasteiger partial charge in [0.15, 0.2) is 0 Å². The molecule has 4 rings (SSSR count). The van der Waals surface area contributed by atoms with E-state index in [0.717, 1.165) is 42.8 Å². The number of aliphatic hydroxyl groups excluding tert-OH is 1. The minimum Gasteiger partial charge on any atom is -0.396 e. The van der Waals surface area contributed by atoms with Gasteiger partial charge in [0.1, 0.15) is 11.5 Å². The molecule has 0 saturated carbocycles. The molecule has 1 fully saturated rings. The maximum absolute atomic E-state index is 13.6. The standard InChI is InChI=1S/C24H28N6O2/c1-29-17-22(27-28-29)19-7-9-20(10-8-19)24(32)30(21-6-4-12-25-16-21)23-15-18(11-13-26-23)5-2-3-14-31/h2,5,7-11,13,15,17,21,25,31H,3-4,6,12,14,16H2,1H3/b5-2-/t21-/m1/s1. The van der Waals surface area contributed by atoms with Crippen molar-refractivity contribution in [2.24, 2.45) is 7.05 Å². The van der Waals surface area contributed by atoms with Gasteiger partial charge in [0.2, 0.25) is 0 Å². The summed E-state index contributed by atoms with van der Waals surface area (Å²) in [7, 11) is 1.82. The number of anilines is 1. The maximum atomic E-state index is 13.6. The number of amides is 1. The van der Waals surface area contributed by atoms with Crippen LogP contribution in [0, 0.1) is 0 Å². The molecule has 3 aromatic rings. The highest BCUT2D eigenvalue weighted by molar-refractivity contribution is 6.06. The van der Waals surface area contributed by atoms with Crippen molar-refractivity contribution in [3.8, 4) is 11.3 Å². The van der Waals surface area contributed by atoms with Crippen molar-refractivity contribution < 1.29 is 9.90 Å². The predicted molar refractivity (Wildman–Crippen MR) is 124 cm³/mol. The monoisotopic (exact) mass is 432 g/mol. The Balaban J connectivity index is 1.63. The highest BCUT2D eigenvalue weighted by Gasteiger charge is 2.28. The second kappa shape index (κ2) is 10.3. The molecule has 32 heavy (non-hydrogen) atoms. The number of aryl methyl sites for hydroxylation is 1. The van der Waals surface area contributed by atoms with Crippen LogP contribution in [0.15, 0.2) is 54.9 Å². The number of benzene rings is 1. The van der Waals surface area contributed by atoms with E-state index >= 15 is 0 Å². The second-order valence-electron chi connectivity index (χ2n) is 7.89. The average molecular weight is 433 g/mol. The van der Waals surface area contributed by atoms with Crippen molar-refractivity contribution in [1.82, 2.24) is 25.3 Å². The Labute approximate surface area is 187 Å². The number of aromatic nitrogens is 4. The highest BCUT2D eigenvalue weighted by Crippen LogP contribution is 2.24. The lowest BCUT2D eigenvalue weighted by molar-refractivity contribution is 0.0971. The van der Waals surface area contributed by atoms with Crippen molar-refractivity contribution in [3.05, 3.63) is 66.0 Å². The van der Waals surface area contributed by atoms with E-state index in [2.05, 4.69) is 20.6 Å². The zero-order chi connectivity index (χ0) is 22.3. The molecule has 8 nitrogen and oxygen atoms in total. The molecule has 0 unspecified atom stereocenters. The van der Waals surface area contributed by atoms with Crippen molar-refractivity contribution in [2.45, 2.75) is 25.3 Å². The van der Waals surface area contributed by atoms with Gasteiger partial charge in [-0.2, -0.15) is 0 Å². The summed E-state index contributed by atoms with van der Waals surface area (Å²) in [5, 5.41) is 20.5. The van der Waals surface area contributed by atoms with E-state index in [-0.39, 0.29) is 18.6 Å². The van der Waals surface area contributed by atoms with Crippen molar-refractivity contribution in [1.29, 1.82) is 0 Å². The minimum atomic E-state index is -0.0756. The molecule has 0 radical (unpaired) electrons. The minimum absolute atomic E-state index is 0.0279. The van der Waals surface area contributed by atoms with Gasteiger partial charge in [0, 0.05) is 37.5 Å². The first-order chi connectivity index (χ1) is 15.7. The Hall–Kier alpha value is -3.36. The largest absolute Gasteiger partial charge is 0.396 e. The normalized spacial score (nSPS) is 16.4. The molecule has 2 N–H and O–H groups in total. The van der Waals surface area contributed by atoms with Gasteiger partial charge < -0.3 is 10.4 Å². The Morgan fingerprint density at radius 2 is 2.16 bits per heavy atom. The van der Waals surface area contributed by atoms with Crippen LogP contribution in [0.4, 0.5) is 5.82 Å². The van der Waals surface area contributed by atoms with E-state index < -0.39 is 0 Å². The zero-order valence-electron chi connectivity index (χ0n) is 18.2. The van der Waals surface area contributed by atoms with E-state index in [1.807, 2.05) is 66.7 Å². The lowest BCUT2D eigenvalue weighted by atomic mass is 10.0. The summed E-state index contributed by atoms with van der Waals surface area (Å²) in [6.45, 7) is 1.80. The van der Waals surface area contributed by atoms with Crippen LogP contribution in [0.25, 0.3) is 17.3 Å². The molecule has 2 aromatic heterocycles. The lowest BCUT2D eigenvalue weighted by Crippen LogP contribution is -2.49. The molecule has 1 aliphatic rings. The molecule has 3 heterocycles. The number of nitrogens with zero attached hydrogens (tertiary/aromatic N) is 5. The number of pyridine rings is 1. The van der Waals surface area contributed by atoms with E-state index in [1.54, 1.807) is 10.9 Å². The fraction of sp³-hybridized carbons (Fsp3) is 0.333. The fourth-order valence-corrected chi connectivity index (χ4v) is 3.88. The summed E-state index contributed by atoms with van der Waals surface area (Å²) in [6, 6.07) is 11.3. The van der Waals surface area contributed by atoms with E-state index in [1.165, 1.54) is 0 Å². The molecule has 1 atom stereocenters. The van der Waals surface area contributed by atoms with Gasteiger partial charge in [0.05, 0.1) is 12.2 Å². The number of nitrogens with one attached hydrogen (secondary N) is 1. The van der Waals surface area contributed by atoms with Crippen LogP contribution in [-0.2, 0) is 7.05 Å². The molecule has 0 aliphatic carbocycles. The molecule has 0 spiro atoms. The lowest BCUT2D eigenvalue weighted by Gasteiger charge is -2.34. The van der Waals surface area contributed by atoms with Gasteiger partial charge in [-0.15, -0.1) is 5.10 Å². The van der Waals surface area contributed by atoms with Gasteiger partial charge in [-0.1, -0.05) is 29.5 Å². The number of hydrogen-bond donors (Lipinski definition) is 2. The summed E-state index contributed by atoms with van der Waals surface area (Å²) < 4.78 is 1.65. The summed E-state index contributed by atoms with van der Waals surface area (Å²) in [6.07, 6.45) is 9.94.